The molecule has 1 aromatic carbocycles. The van der Waals surface area contributed by atoms with Gasteiger partial charge in [-0.15, -0.1) is 24.0 Å². The third-order valence-corrected chi connectivity index (χ3v) is 4.73. The first-order valence-electron chi connectivity index (χ1n) is 10.4. The van der Waals surface area contributed by atoms with Crippen molar-refractivity contribution in [2.75, 3.05) is 39.3 Å². The van der Waals surface area contributed by atoms with Gasteiger partial charge in [-0.2, -0.15) is 13.2 Å². The van der Waals surface area contributed by atoms with Gasteiger partial charge in [-0.3, -0.25) is 9.89 Å². The Hall–Kier alpha value is -1.27. The number of nitrogens with zero attached hydrogens (tertiary/aromatic N) is 2. The number of nitrogens with one attached hydrogen (secondary N) is 2. The highest BCUT2D eigenvalue weighted by Crippen LogP contribution is 2.22. The normalized spacial score (nSPS) is 18.6. The van der Waals surface area contributed by atoms with Crippen molar-refractivity contribution < 1.29 is 23.0 Å². The number of rotatable bonds is 9. The second-order valence-corrected chi connectivity index (χ2v) is 7.86. The van der Waals surface area contributed by atoms with Gasteiger partial charge in [0.25, 0.3) is 0 Å². The highest BCUT2D eigenvalue weighted by atomic mass is 127. The van der Waals surface area contributed by atoms with E-state index in [1.807, 2.05) is 45.0 Å². The van der Waals surface area contributed by atoms with Gasteiger partial charge in [0.05, 0.1) is 25.3 Å². The number of halogens is 4. The molecule has 31 heavy (non-hydrogen) atoms. The van der Waals surface area contributed by atoms with Gasteiger partial charge < -0.3 is 20.5 Å². The van der Waals surface area contributed by atoms with Crippen LogP contribution in [-0.4, -0.2) is 67.5 Å². The van der Waals surface area contributed by atoms with Gasteiger partial charge in [0, 0.05) is 19.6 Å². The molecule has 1 heterocycles. The average Bonchev–Trinajstić information content (AvgIpc) is 3.09. The second-order valence-electron chi connectivity index (χ2n) is 7.86. The zero-order chi connectivity index (χ0) is 22.1. The number of ether oxygens (including phenoxy) is 1. The van der Waals surface area contributed by atoms with E-state index in [1.54, 1.807) is 0 Å². The summed E-state index contributed by atoms with van der Waals surface area (Å²) in [5.74, 6) is 1.43. The maximum absolute atomic E-state index is 12.5. The third kappa shape index (κ3) is 10.7. The van der Waals surface area contributed by atoms with Crippen LogP contribution in [0.1, 0.15) is 38.9 Å². The van der Waals surface area contributed by atoms with E-state index in [-0.39, 0.29) is 42.5 Å². The lowest BCUT2D eigenvalue weighted by Crippen LogP contribution is -2.41. The van der Waals surface area contributed by atoms with Crippen LogP contribution in [0.25, 0.3) is 0 Å². The zero-order valence-electron chi connectivity index (χ0n) is 18.3. The Morgan fingerprint density at radius 1 is 1.26 bits per heavy atom. The maximum Gasteiger partial charge on any atom is 0.401 e. The summed E-state index contributed by atoms with van der Waals surface area (Å²) >= 11 is 0. The van der Waals surface area contributed by atoms with Crippen LogP contribution in [0.3, 0.4) is 0 Å². The minimum absolute atomic E-state index is 0. The van der Waals surface area contributed by atoms with E-state index in [0.29, 0.717) is 32.1 Å². The van der Waals surface area contributed by atoms with Crippen LogP contribution < -0.4 is 15.4 Å². The molecule has 0 amide bonds. The van der Waals surface area contributed by atoms with Crippen molar-refractivity contribution >= 4 is 29.9 Å². The quantitative estimate of drug-likeness (QED) is 0.246. The molecule has 0 aromatic heterocycles. The molecule has 1 aliphatic heterocycles. The molecule has 6 nitrogen and oxygen atoms in total. The van der Waals surface area contributed by atoms with E-state index in [9.17, 15) is 18.3 Å². The number of likely N-dealkylation sites (tertiary alicyclic amines) is 1. The smallest absolute Gasteiger partial charge is 0.401 e. The maximum atomic E-state index is 12.5. The number of guanidine groups is 1. The number of aliphatic hydroxyl groups excluding tert-OH is 1. The van der Waals surface area contributed by atoms with E-state index in [1.165, 1.54) is 4.90 Å². The Morgan fingerprint density at radius 3 is 2.52 bits per heavy atom. The number of hydrogen-bond donors (Lipinski definition) is 3. The lowest BCUT2D eigenvalue weighted by molar-refractivity contribution is -0.143. The van der Waals surface area contributed by atoms with Gasteiger partial charge in [0.15, 0.2) is 5.96 Å². The molecule has 1 fully saturated rings. The van der Waals surface area contributed by atoms with E-state index < -0.39 is 18.8 Å². The summed E-state index contributed by atoms with van der Waals surface area (Å²) in [5.41, 5.74) is 0.740. The topological polar surface area (TPSA) is 69.1 Å². The molecule has 0 spiro atoms. The number of aliphatic hydroxyl groups is 1. The van der Waals surface area contributed by atoms with Crippen molar-refractivity contribution in [3.8, 4) is 5.75 Å². The first-order chi connectivity index (χ1) is 14.2. The Balaban J connectivity index is 0.00000480. The van der Waals surface area contributed by atoms with Gasteiger partial charge in [-0.1, -0.05) is 12.1 Å². The monoisotopic (exact) mass is 558 g/mol. The predicted molar refractivity (Wildman–Crippen MR) is 127 cm³/mol. The fraction of sp³-hybridized carbons (Fsp3) is 0.667. The molecule has 2 unspecified atom stereocenters. The van der Waals surface area contributed by atoms with Crippen LogP contribution in [0, 0.1) is 5.92 Å². The number of aliphatic imine (C=N–C) groups is 1. The molecule has 3 N–H and O–H groups in total. The fourth-order valence-corrected chi connectivity index (χ4v) is 3.38. The summed E-state index contributed by atoms with van der Waals surface area (Å²) in [4.78, 5) is 5.86. The van der Waals surface area contributed by atoms with Crippen LogP contribution in [0.5, 0.6) is 5.75 Å². The van der Waals surface area contributed by atoms with Crippen molar-refractivity contribution in [3.05, 3.63) is 29.8 Å². The van der Waals surface area contributed by atoms with Crippen LogP contribution >= 0.6 is 24.0 Å². The van der Waals surface area contributed by atoms with Crippen molar-refractivity contribution in [2.24, 2.45) is 10.9 Å². The Kier molecular flexibility index (Phi) is 11.9. The van der Waals surface area contributed by atoms with E-state index in [0.717, 1.165) is 17.7 Å². The highest BCUT2D eigenvalue weighted by molar-refractivity contribution is 14.0. The molecule has 2 atom stereocenters. The lowest BCUT2D eigenvalue weighted by atomic mass is 10.1. The van der Waals surface area contributed by atoms with Crippen LogP contribution in [0.15, 0.2) is 29.3 Å². The van der Waals surface area contributed by atoms with Gasteiger partial charge >= 0.3 is 6.18 Å². The second kappa shape index (κ2) is 13.3. The van der Waals surface area contributed by atoms with Crippen LogP contribution in [0.4, 0.5) is 13.2 Å². The summed E-state index contributed by atoms with van der Waals surface area (Å²) in [6.45, 7) is 7.20. The van der Waals surface area contributed by atoms with Crippen molar-refractivity contribution in [1.29, 1.82) is 0 Å². The van der Waals surface area contributed by atoms with Crippen molar-refractivity contribution in [1.82, 2.24) is 15.5 Å². The Labute approximate surface area is 199 Å². The fourth-order valence-electron chi connectivity index (χ4n) is 3.38. The first kappa shape index (κ1) is 27.8. The molecular weight excluding hydrogens is 524 g/mol. The summed E-state index contributed by atoms with van der Waals surface area (Å²) in [6, 6.07) is 7.26. The molecule has 178 valence electrons. The summed E-state index contributed by atoms with van der Waals surface area (Å²) in [7, 11) is 0. The minimum Gasteiger partial charge on any atom is -0.491 e. The standard InChI is InChI=1S/C21H33F3N4O2.HI/c1-4-25-20(26-11-16-9-10-28(13-16)14-21(22,23)24)27-12-19(29)17-5-7-18(8-6-17)30-15(2)3;/h5-8,15-16,19,29H,4,9-14H2,1-3H3,(H2,25,26,27);1H. The molecule has 2 rings (SSSR count). The molecule has 0 aliphatic carbocycles. The number of hydrogen-bond acceptors (Lipinski definition) is 4. The molecule has 10 heteroatoms. The Morgan fingerprint density at radius 2 is 1.94 bits per heavy atom. The molecule has 1 saturated heterocycles. The van der Waals surface area contributed by atoms with Crippen molar-refractivity contribution in [3.63, 3.8) is 0 Å². The molecule has 0 bridgehead atoms. The van der Waals surface area contributed by atoms with Gasteiger partial charge in [0.1, 0.15) is 5.75 Å². The number of alkyl halides is 3. The third-order valence-electron chi connectivity index (χ3n) is 4.73. The highest BCUT2D eigenvalue weighted by Gasteiger charge is 2.34. The lowest BCUT2D eigenvalue weighted by Gasteiger charge is -2.19. The SMILES string of the molecule is CCNC(=NCC(O)c1ccc(OC(C)C)cc1)NCC1CCN(CC(F)(F)F)C1.I. The number of benzene rings is 1. The van der Waals surface area contributed by atoms with E-state index in [4.69, 9.17) is 4.74 Å². The van der Waals surface area contributed by atoms with Crippen molar-refractivity contribution in [2.45, 2.75) is 45.6 Å². The molecule has 1 aliphatic rings. The van der Waals surface area contributed by atoms with E-state index >= 15 is 0 Å². The summed E-state index contributed by atoms with van der Waals surface area (Å²) in [5, 5.41) is 16.7. The molecule has 0 radical (unpaired) electrons. The largest absolute Gasteiger partial charge is 0.491 e. The van der Waals surface area contributed by atoms with Gasteiger partial charge in [-0.05, 0) is 57.4 Å². The Bertz CT molecular complexity index is 672. The van der Waals surface area contributed by atoms with E-state index in [2.05, 4.69) is 15.6 Å². The summed E-state index contributed by atoms with van der Waals surface area (Å²) < 4.78 is 43.2. The molecular formula is C21H34F3IN4O2. The zero-order valence-corrected chi connectivity index (χ0v) is 20.6. The average molecular weight is 558 g/mol. The van der Waals surface area contributed by atoms with Crippen LogP contribution in [0.2, 0.25) is 0 Å². The summed E-state index contributed by atoms with van der Waals surface area (Å²) in [6.07, 6.45) is -4.12. The molecule has 1 aromatic rings. The van der Waals surface area contributed by atoms with Gasteiger partial charge in [-0.25, -0.2) is 0 Å². The van der Waals surface area contributed by atoms with Crippen LogP contribution in [-0.2, 0) is 0 Å². The predicted octanol–water partition coefficient (Wildman–Crippen LogP) is 3.56. The van der Waals surface area contributed by atoms with Gasteiger partial charge in [0.2, 0.25) is 0 Å². The first-order valence-corrected chi connectivity index (χ1v) is 10.4. The minimum atomic E-state index is -4.16. The molecule has 0 saturated carbocycles.